The summed E-state index contributed by atoms with van der Waals surface area (Å²) in [6, 6.07) is 15.6. The predicted octanol–water partition coefficient (Wildman–Crippen LogP) is 14.7. The van der Waals surface area contributed by atoms with Crippen molar-refractivity contribution < 1.29 is 134 Å². The quantitative estimate of drug-likeness (QED) is 0.0233. The molecule has 29 heteroatoms. The topological polar surface area (TPSA) is 417 Å². The van der Waals surface area contributed by atoms with Crippen LogP contribution in [0.2, 0.25) is 0 Å². The number of carboxylic acids is 3. The van der Waals surface area contributed by atoms with Gasteiger partial charge in [0, 0.05) is 12.3 Å². The van der Waals surface area contributed by atoms with E-state index in [2.05, 4.69) is 42.5 Å². The molecule has 29 nitrogen and oxygen atoms in total. The number of unbranched alkanes of at least 4 members (excludes halogenated alkanes) is 3. The minimum atomic E-state index is -1.28. The third-order valence-electron chi connectivity index (χ3n) is 17.1. The van der Waals surface area contributed by atoms with Crippen molar-refractivity contribution >= 4 is 77.9 Å². The van der Waals surface area contributed by atoms with E-state index < -0.39 is 76.8 Å². The van der Waals surface area contributed by atoms with E-state index in [-0.39, 0.29) is 103 Å². The molecule has 0 saturated carbocycles. The van der Waals surface area contributed by atoms with Gasteiger partial charge in [0.2, 0.25) is 0 Å². The van der Waals surface area contributed by atoms with Crippen LogP contribution in [0.1, 0.15) is 264 Å². The zero-order valence-electron chi connectivity index (χ0n) is 68.0. The third-order valence-corrected chi connectivity index (χ3v) is 17.1. The van der Waals surface area contributed by atoms with Crippen LogP contribution in [0.25, 0.3) is 0 Å². The number of benzene rings is 2. The van der Waals surface area contributed by atoms with Crippen molar-refractivity contribution in [1.29, 1.82) is 0 Å². The van der Waals surface area contributed by atoms with Gasteiger partial charge in [-0.1, -0.05) is 99.8 Å². The molecule has 0 aliphatic carbocycles. The van der Waals surface area contributed by atoms with Gasteiger partial charge in [0.15, 0.2) is 13.2 Å². The standard InChI is InChI=1S/C23H43NO6.C18H22O8.C17H22O7.C8H12O.C7H14O2.C6H12O2.CO2/c1-6-9-13-19(7-2)18-30-20(25)14-11-10-12-16-29-22(27)24-15-17-28-21(26)23(4,5)8-3;1-4-18(2,3)17(23)25-9-8-24-15(21)12-6-5-7-13(10-12)16(22)26-11-14(19)20;1-4-17(2,3)16(21)23-10-9-22-15(20)12-7-5-6-8-13(12)24-11-14(18)19;1-3-7(2)8-5-4-6-9-8;1-5-7(2,3)6(8)9-4;1-4-6(2,3)5(7)8;2-1-3/h19H,6-18H2,1-5H3,(H,24,27);5-7,10H,4,8-9,11H2,1-3H3,(H,19,20);5-8H,4,9-11H2,1-3H3,(H,18,19);4-7H,3H2,1-2H3;5H2,1-4H3;4H2,1-3H3,(H,7,8);. The first-order valence-corrected chi connectivity index (χ1v) is 36.7. The Hall–Kier alpha value is -9.66. The van der Waals surface area contributed by atoms with E-state index in [1.54, 1.807) is 59.9 Å². The number of hydrogen-bond donors (Lipinski definition) is 4. The number of carboxylic acid groups (broad SMARTS) is 3. The van der Waals surface area contributed by atoms with Gasteiger partial charge in [-0.3, -0.25) is 28.8 Å². The zero-order valence-corrected chi connectivity index (χ0v) is 68.0. The number of rotatable bonds is 41. The molecule has 2 atom stereocenters. The average Bonchev–Trinajstić information content (AvgIpc) is 1.44. The number of hydrogen-bond acceptors (Lipinski definition) is 25. The van der Waals surface area contributed by atoms with Crippen molar-refractivity contribution in [3.63, 3.8) is 0 Å². The number of methoxy groups -OCH3 is 1. The second-order valence-corrected chi connectivity index (χ2v) is 27.8. The van der Waals surface area contributed by atoms with Crippen LogP contribution in [0, 0.1) is 33.0 Å². The molecule has 0 fully saturated rings. The maximum Gasteiger partial charge on any atom is 0.407 e. The van der Waals surface area contributed by atoms with Gasteiger partial charge in [-0.15, -0.1) is 0 Å². The number of para-hydroxylation sites is 1. The molecule has 3 aromatic rings. The van der Waals surface area contributed by atoms with Crippen LogP contribution < -0.4 is 10.1 Å². The molecule has 1 aromatic heterocycles. The fourth-order valence-corrected chi connectivity index (χ4v) is 7.19. The van der Waals surface area contributed by atoms with Crippen LogP contribution in [-0.4, -0.2) is 166 Å². The number of esters is 8. The van der Waals surface area contributed by atoms with Gasteiger partial charge in [0.05, 0.1) is 71.3 Å². The SMILES string of the molecule is CCC(C)(C)C(=O)O.CCC(C)(C)C(=O)OC.CCC(C)(C)C(=O)OCCOC(=O)c1cccc(C(=O)OCC(=O)O)c1.CCC(C)(C)C(=O)OCCOC(=O)c1ccccc1OCC(=O)O.CCC(C)c1ccco1.CCCCC(CC)COC(=O)CCCCCOC(=O)NCCOC(=O)C(C)(C)CC.O=C=O. The first kappa shape index (κ1) is 106. The van der Waals surface area contributed by atoms with Crippen molar-refractivity contribution in [3.05, 3.63) is 89.4 Å². The van der Waals surface area contributed by atoms with Crippen molar-refractivity contribution in [1.82, 2.24) is 5.32 Å². The van der Waals surface area contributed by atoms with Crippen LogP contribution in [0.4, 0.5) is 4.79 Å². The molecule has 2 aromatic carbocycles. The predicted molar refractivity (Wildman–Crippen MR) is 402 cm³/mol. The molecule has 0 radical (unpaired) electrons. The van der Waals surface area contributed by atoms with Crippen LogP contribution in [0.15, 0.2) is 71.3 Å². The normalized spacial score (nSPS) is 11.2. The first-order valence-electron chi connectivity index (χ1n) is 36.7. The molecule has 3 rings (SSSR count). The van der Waals surface area contributed by atoms with Gasteiger partial charge in [-0.25, -0.2) is 28.8 Å². The number of amides is 1. The molecule has 109 heavy (non-hydrogen) atoms. The lowest BCUT2D eigenvalue weighted by molar-refractivity contribution is -0.192. The summed E-state index contributed by atoms with van der Waals surface area (Å²) in [5.41, 5.74) is -2.32. The molecular formula is C80H125NO28. The Bertz CT molecular complexity index is 3180. The molecule has 4 N–H and O–H groups in total. The van der Waals surface area contributed by atoms with Crippen LogP contribution in [0.3, 0.4) is 0 Å². The number of nitrogens with one attached hydrogen (secondary N) is 1. The Morgan fingerprint density at radius 2 is 0.954 bits per heavy atom. The molecule has 2 unspecified atom stereocenters. The fraction of sp³-hybridized carbons (Fsp3) is 0.637. The highest BCUT2D eigenvalue weighted by molar-refractivity contribution is 5.96. The van der Waals surface area contributed by atoms with Crippen LogP contribution >= 0.6 is 0 Å². The van der Waals surface area contributed by atoms with E-state index in [4.69, 9.17) is 67.2 Å². The number of carbonyl (C=O) groups is 12. The maximum atomic E-state index is 12.0. The average molecular weight is 1550 g/mol. The second kappa shape index (κ2) is 59.3. The molecule has 0 saturated heterocycles. The van der Waals surface area contributed by atoms with Gasteiger partial charge < -0.3 is 72.4 Å². The zero-order chi connectivity index (χ0) is 84.4. The summed E-state index contributed by atoms with van der Waals surface area (Å²) >= 11 is 0. The van der Waals surface area contributed by atoms with E-state index in [0.717, 1.165) is 50.7 Å². The molecule has 618 valence electrons. The van der Waals surface area contributed by atoms with E-state index in [1.165, 1.54) is 49.9 Å². The van der Waals surface area contributed by atoms with Crippen molar-refractivity contribution in [2.45, 2.75) is 227 Å². The van der Waals surface area contributed by atoms with Crippen molar-refractivity contribution in [3.8, 4) is 5.75 Å². The van der Waals surface area contributed by atoms with Gasteiger partial charge in [-0.05, 0) is 182 Å². The highest BCUT2D eigenvalue weighted by Crippen LogP contribution is 2.26. The van der Waals surface area contributed by atoms with E-state index in [1.807, 2.05) is 74.4 Å². The fourth-order valence-electron chi connectivity index (χ4n) is 7.19. The van der Waals surface area contributed by atoms with Crippen LogP contribution in [0.5, 0.6) is 5.75 Å². The molecular weight excluding hydrogens is 1420 g/mol. The molecule has 0 aliphatic rings. The van der Waals surface area contributed by atoms with Gasteiger partial charge in [0.25, 0.3) is 0 Å². The maximum absolute atomic E-state index is 12.0. The highest BCUT2D eigenvalue weighted by Gasteiger charge is 2.30. The molecule has 1 amide bonds. The van der Waals surface area contributed by atoms with Gasteiger partial charge in [0.1, 0.15) is 50.1 Å². The lowest BCUT2D eigenvalue weighted by atomic mass is 9.91. The number of alkyl carbamates (subject to hydrolysis) is 1. The summed E-state index contributed by atoms with van der Waals surface area (Å²) in [6.07, 6.45) is 13.1. The largest absolute Gasteiger partial charge is 0.481 e. The van der Waals surface area contributed by atoms with E-state index >= 15 is 0 Å². The Morgan fingerprint density at radius 3 is 1.38 bits per heavy atom. The number of furan rings is 1. The third kappa shape index (κ3) is 50.6. The summed E-state index contributed by atoms with van der Waals surface area (Å²) < 4.78 is 55.1. The number of aliphatic carboxylic acids is 3. The van der Waals surface area contributed by atoms with E-state index in [9.17, 15) is 57.5 Å². The first-order chi connectivity index (χ1) is 51.0. The molecule has 0 aliphatic heterocycles. The highest BCUT2D eigenvalue weighted by atomic mass is 16.6. The Balaban J connectivity index is -0.000000641. The number of carbonyl (C=O) groups excluding carboxylic acids is 11. The Kier molecular flexibility index (Phi) is 57.5. The minimum Gasteiger partial charge on any atom is -0.481 e. The number of ether oxygens (including phenoxy) is 10. The summed E-state index contributed by atoms with van der Waals surface area (Å²) in [6.45, 7) is 35.5. The smallest absolute Gasteiger partial charge is 0.407 e. The molecule has 0 bridgehead atoms. The Labute approximate surface area is 643 Å². The summed E-state index contributed by atoms with van der Waals surface area (Å²) in [5, 5.41) is 28.1. The minimum absolute atomic E-state index is 0.0248. The molecule has 0 spiro atoms. The van der Waals surface area contributed by atoms with Crippen molar-refractivity contribution in [2.24, 2.45) is 33.0 Å². The monoisotopic (exact) mass is 1550 g/mol. The van der Waals surface area contributed by atoms with Gasteiger partial charge >= 0.3 is 77.9 Å². The van der Waals surface area contributed by atoms with Crippen molar-refractivity contribution in [2.75, 3.05) is 73.1 Å². The summed E-state index contributed by atoms with van der Waals surface area (Å²) in [5.74, 6) is -4.44. The van der Waals surface area contributed by atoms with E-state index in [0.29, 0.717) is 63.6 Å². The lowest BCUT2D eigenvalue weighted by Gasteiger charge is -2.20. The lowest BCUT2D eigenvalue weighted by Crippen LogP contribution is -2.32. The molecule has 1 heterocycles. The summed E-state index contributed by atoms with van der Waals surface area (Å²) in [4.78, 5) is 153. The van der Waals surface area contributed by atoms with Crippen LogP contribution in [-0.2, 0) is 90.6 Å². The second-order valence-electron chi connectivity index (χ2n) is 27.8. The Morgan fingerprint density at radius 1 is 0.486 bits per heavy atom. The summed E-state index contributed by atoms with van der Waals surface area (Å²) in [7, 11) is 1.42. The van der Waals surface area contributed by atoms with Gasteiger partial charge in [-0.2, -0.15) is 9.59 Å².